The van der Waals surface area contributed by atoms with E-state index in [9.17, 15) is 20.6 Å². The molecule has 2 aromatic carbocycles. The number of allylic oxidation sites excluding steroid dienone is 2. The molecule has 1 aliphatic carbocycles. The van der Waals surface area contributed by atoms with Crippen LogP contribution in [0.25, 0.3) is 0 Å². The molecule has 0 aromatic heterocycles. The maximum atomic E-state index is 13.0. The topological polar surface area (TPSA) is 155 Å². The van der Waals surface area contributed by atoms with E-state index in [-0.39, 0.29) is 37.8 Å². The number of nitrogens with two attached hydrogens (primary N) is 1. The molecule has 190 valence electrons. The van der Waals surface area contributed by atoms with Gasteiger partial charge in [-0.05, 0) is 28.8 Å². The van der Waals surface area contributed by atoms with E-state index in [1.807, 2.05) is 30.3 Å². The minimum Gasteiger partial charge on any atom is -0.493 e. The molecule has 0 radical (unpaired) electrons. The Morgan fingerprint density at radius 2 is 1.95 bits per heavy atom. The summed E-state index contributed by atoms with van der Waals surface area (Å²) in [6.07, 6.45) is 1.19. The van der Waals surface area contributed by atoms with Gasteiger partial charge in [-0.1, -0.05) is 36.4 Å². The molecule has 0 saturated carbocycles. The highest BCUT2D eigenvalue weighted by Crippen LogP contribution is 2.56. The van der Waals surface area contributed by atoms with Crippen molar-refractivity contribution in [2.45, 2.75) is 12.5 Å². The summed E-state index contributed by atoms with van der Waals surface area (Å²) in [5.41, 5.74) is 6.43. The molecule has 2 aromatic rings. The van der Waals surface area contributed by atoms with E-state index in [0.29, 0.717) is 28.4 Å². The van der Waals surface area contributed by atoms with Crippen LogP contribution in [0.1, 0.15) is 17.0 Å². The van der Waals surface area contributed by atoms with Crippen molar-refractivity contribution in [1.82, 2.24) is 4.90 Å². The first-order chi connectivity index (χ1) is 18.5. The Hall–Kier alpha value is -5.14. The molecule has 10 nitrogen and oxygen atoms in total. The lowest BCUT2D eigenvalue weighted by molar-refractivity contribution is 0.0898. The van der Waals surface area contributed by atoms with Gasteiger partial charge in [-0.15, -0.1) is 0 Å². The van der Waals surface area contributed by atoms with Gasteiger partial charge in [0.2, 0.25) is 12.5 Å². The van der Waals surface area contributed by atoms with Gasteiger partial charge in [0, 0.05) is 24.9 Å². The molecule has 0 spiro atoms. The van der Waals surface area contributed by atoms with Crippen LogP contribution in [0.5, 0.6) is 17.2 Å². The lowest BCUT2D eigenvalue weighted by Crippen LogP contribution is -2.49. The van der Waals surface area contributed by atoms with Crippen molar-refractivity contribution in [2.75, 3.05) is 27.0 Å². The second-order valence-corrected chi connectivity index (χ2v) is 9.08. The fourth-order valence-electron chi connectivity index (χ4n) is 5.35. The Morgan fingerprint density at radius 3 is 2.63 bits per heavy atom. The third kappa shape index (κ3) is 3.82. The Balaban J connectivity index is 1.57. The highest BCUT2D eigenvalue weighted by molar-refractivity contribution is 5.70. The summed E-state index contributed by atoms with van der Waals surface area (Å²) in [6, 6.07) is 18.9. The molecular formula is C28H23N5O5. The van der Waals surface area contributed by atoms with Crippen molar-refractivity contribution in [3.8, 4) is 35.5 Å². The van der Waals surface area contributed by atoms with Crippen LogP contribution < -0.4 is 19.9 Å². The van der Waals surface area contributed by atoms with E-state index in [0.717, 1.165) is 5.56 Å². The zero-order chi connectivity index (χ0) is 26.9. The second kappa shape index (κ2) is 9.72. The first kappa shape index (κ1) is 24.5. The molecule has 10 heteroatoms. The number of hydrogen-bond donors (Lipinski definition) is 1. The average molecular weight is 510 g/mol. The summed E-state index contributed by atoms with van der Waals surface area (Å²) in [6.45, 7) is 0.375. The van der Waals surface area contributed by atoms with Gasteiger partial charge in [-0.2, -0.15) is 15.8 Å². The van der Waals surface area contributed by atoms with Crippen molar-refractivity contribution in [1.29, 1.82) is 15.8 Å². The second-order valence-electron chi connectivity index (χ2n) is 9.08. The standard InChI is InChI=1S/C28H23N5O5/c1-35-22-9-18(10-23-25(22)38-16-37-23)24-21-12-33(27(34)36-13-17-5-3-2-4-6-17)8-7-19(21)20(11-29)26(32)28(24,14-30)15-31/h2-7,9-10,21,24H,8,12-13,16,32H2,1H3. The Kier molecular flexibility index (Phi) is 6.28. The van der Waals surface area contributed by atoms with Gasteiger partial charge in [-0.3, -0.25) is 0 Å². The van der Waals surface area contributed by atoms with Gasteiger partial charge in [-0.25, -0.2) is 4.79 Å². The number of hydrogen-bond acceptors (Lipinski definition) is 9. The first-order valence-corrected chi connectivity index (χ1v) is 11.8. The maximum Gasteiger partial charge on any atom is 0.410 e. The SMILES string of the molecule is COc1cc(C2C3CN(C(=O)OCc4ccccc4)CC=C3C(C#N)=C(N)C2(C#N)C#N)cc2c1OCO2. The van der Waals surface area contributed by atoms with Crippen LogP contribution in [0.15, 0.2) is 65.4 Å². The van der Waals surface area contributed by atoms with Crippen LogP contribution in [-0.2, 0) is 11.3 Å². The molecule has 1 amide bonds. The average Bonchev–Trinajstić information content (AvgIpc) is 3.44. The smallest absolute Gasteiger partial charge is 0.410 e. The Morgan fingerprint density at radius 1 is 1.18 bits per heavy atom. The van der Waals surface area contributed by atoms with Crippen LogP contribution in [0, 0.1) is 45.3 Å². The van der Waals surface area contributed by atoms with Crippen molar-refractivity contribution in [2.24, 2.45) is 17.1 Å². The molecular weight excluding hydrogens is 486 g/mol. The number of fused-ring (bicyclic) bond motifs is 2. The predicted molar refractivity (Wildman–Crippen MR) is 132 cm³/mol. The molecule has 5 rings (SSSR count). The number of methoxy groups -OCH3 is 1. The number of benzene rings is 2. The van der Waals surface area contributed by atoms with E-state index >= 15 is 0 Å². The van der Waals surface area contributed by atoms with Crippen LogP contribution >= 0.6 is 0 Å². The third-order valence-corrected chi connectivity index (χ3v) is 7.17. The van der Waals surface area contributed by atoms with E-state index in [1.165, 1.54) is 12.0 Å². The fraction of sp³-hybridized carbons (Fsp3) is 0.286. The third-order valence-electron chi connectivity index (χ3n) is 7.17. The van der Waals surface area contributed by atoms with Gasteiger partial charge in [0.1, 0.15) is 12.7 Å². The normalized spacial score (nSPS) is 20.8. The number of ether oxygens (including phenoxy) is 4. The molecule has 0 saturated heterocycles. The minimum absolute atomic E-state index is 0.00229. The number of carbonyl (C=O) groups excluding carboxylic acids is 1. The van der Waals surface area contributed by atoms with Crippen molar-refractivity contribution in [3.05, 3.63) is 76.5 Å². The zero-order valence-electron chi connectivity index (χ0n) is 20.5. The molecule has 2 N–H and O–H groups in total. The molecule has 0 bridgehead atoms. The van der Waals surface area contributed by atoms with Gasteiger partial charge in [0.25, 0.3) is 0 Å². The van der Waals surface area contributed by atoms with Crippen molar-refractivity contribution in [3.63, 3.8) is 0 Å². The Labute approximate surface area is 219 Å². The molecule has 2 unspecified atom stereocenters. The largest absolute Gasteiger partial charge is 0.493 e. The van der Waals surface area contributed by atoms with Gasteiger partial charge in [0.05, 0.1) is 30.5 Å². The molecule has 2 heterocycles. The summed E-state index contributed by atoms with van der Waals surface area (Å²) in [7, 11) is 1.47. The molecule has 3 aliphatic rings. The summed E-state index contributed by atoms with van der Waals surface area (Å²) in [4.78, 5) is 14.5. The summed E-state index contributed by atoms with van der Waals surface area (Å²) in [5, 5.41) is 30.7. The summed E-state index contributed by atoms with van der Waals surface area (Å²) in [5.74, 6) is -0.279. The van der Waals surface area contributed by atoms with E-state index in [2.05, 4.69) is 18.2 Å². The number of nitriles is 3. The lowest BCUT2D eigenvalue weighted by atomic mass is 9.58. The number of amides is 1. The van der Waals surface area contributed by atoms with Gasteiger partial charge >= 0.3 is 6.09 Å². The maximum absolute atomic E-state index is 13.0. The van der Waals surface area contributed by atoms with E-state index in [1.54, 1.807) is 18.2 Å². The van der Waals surface area contributed by atoms with Gasteiger partial charge < -0.3 is 29.6 Å². The summed E-state index contributed by atoms with van der Waals surface area (Å²) < 4.78 is 22.1. The molecule has 0 fully saturated rings. The van der Waals surface area contributed by atoms with Crippen molar-refractivity contribution >= 4 is 6.09 Å². The highest BCUT2D eigenvalue weighted by atomic mass is 16.7. The van der Waals surface area contributed by atoms with Crippen LogP contribution in [-0.4, -0.2) is 38.0 Å². The summed E-state index contributed by atoms with van der Waals surface area (Å²) >= 11 is 0. The highest BCUT2D eigenvalue weighted by Gasteiger charge is 2.55. The Bertz CT molecular complexity index is 1460. The molecule has 2 aliphatic heterocycles. The quantitative estimate of drug-likeness (QED) is 0.652. The van der Waals surface area contributed by atoms with E-state index in [4.69, 9.17) is 24.7 Å². The van der Waals surface area contributed by atoms with Crippen molar-refractivity contribution < 1.29 is 23.7 Å². The van der Waals surface area contributed by atoms with Crippen LogP contribution in [0.3, 0.4) is 0 Å². The minimum atomic E-state index is -1.89. The molecule has 2 atom stereocenters. The van der Waals surface area contributed by atoms with Crippen LogP contribution in [0.2, 0.25) is 0 Å². The monoisotopic (exact) mass is 509 g/mol. The van der Waals surface area contributed by atoms with Crippen LogP contribution in [0.4, 0.5) is 4.79 Å². The molecule has 38 heavy (non-hydrogen) atoms. The van der Waals surface area contributed by atoms with Gasteiger partial charge in [0.15, 0.2) is 16.9 Å². The fourth-order valence-corrected chi connectivity index (χ4v) is 5.35. The number of rotatable bonds is 4. The zero-order valence-corrected chi connectivity index (χ0v) is 20.5. The number of carbonyl (C=O) groups is 1. The lowest BCUT2D eigenvalue weighted by Gasteiger charge is -2.45. The van der Waals surface area contributed by atoms with E-state index < -0.39 is 23.3 Å². The first-order valence-electron chi connectivity index (χ1n) is 11.8. The number of nitrogens with zero attached hydrogens (tertiary/aromatic N) is 4. The predicted octanol–water partition coefficient (Wildman–Crippen LogP) is 3.49.